The second-order valence-corrected chi connectivity index (χ2v) is 6.18. The predicted octanol–water partition coefficient (Wildman–Crippen LogP) is 3.54. The first-order valence-electron chi connectivity index (χ1n) is 7.94. The first kappa shape index (κ1) is 14.8. The van der Waals surface area contributed by atoms with Gasteiger partial charge in [-0.1, -0.05) is 24.3 Å². The van der Waals surface area contributed by atoms with Crippen molar-refractivity contribution in [3.63, 3.8) is 0 Å². The largest absolute Gasteiger partial charge is 0.352 e. The van der Waals surface area contributed by atoms with Crippen LogP contribution in [0.25, 0.3) is 0 Å². The lowest BCUT2D eigenvalue weighted by Crippen LogP contribution is -2.24. The van der Waals surface area contributed by atoms with Gasteiger partial charge in [0, 0.05) is 32.2 Å². The molecule has 0 saturated heterocycles. The van der Waals surface area contributed by atoms with Gasteiger partial charge in [-0.2, -0.15) is 10.2 Å². The average Bonchev–Trinajstić information content (AvgIpc) is 3.45. The standard InChI is InChI=1S/C18H21N3O/c1-2-3-11-18(20-21-18)12-10-17(22)19-13-14-4-6-15(7-5-14)16-8-9-16/h1,4-7,16H,3,8-13H2,(H,19,22). The fourth-order valence-corrected chi connectivity index (χ4v) is 2.60. The van der Waals surface area contributed by atoms with Crippen molar-refractivity contribution in [1.29, 1.82) is 0 Å². The molecule has 1 aliphatic heterocycles. The Morgan fingerprint density at radius 3 is 2.59 bits per heavy atom. The summed E-state index contributed by atoms with van der Waals surface area (Å²) in [7, 11) is 0. The second-order valence-electron chi connectivity index (χ2n) is 6.18. The molecule has 114 valence electrons. The Balaban J connectivity index is 1.38. The van der Waals surface area contributed by atoms with E-state index in [4.69, 9.17) is 6.42 Å². The van der Waals surface area contributed by atoms with Crippen molar-refractivity contribution in [2.75, 3.05) is 0 Å². The number of hydrogen-bond donors (Lipinski definition) is 1. The number of amides is 1. The SMILES string of the molecule is C#CCCC1(CCC(=O)NCc2ccc(C3CC3)cc2)N=N1. The summed E-state index contributed by atoms with van der Waals surface area (Å²) >= 11 is 0. The molecule has 0 radical (unpaired) electrons. The normalized spacial score (nSPS) is 17.8. The highest BCUT2D eigenvalue weighted by Crippen LogP contribution is 2.40. The van der Waals surface area contributed by atoms with Crippen molar-refractivity contribution < 1.29 is 4.79 Å². The minimum absolute atomic E-state index is 0.0450. The third kappa shape index (κ3) is 3.94. The van der Waals surface area contributed by atoms with E-state index in [9.17, 15) is 4.79 Å². The van der Waals surface area contributed by atoms with Crippen molar-refractivity contribution in [3.8, 4) is 12.3 Å². The molecule has 1 aromatic carbocycles. The van der Waals surface area contributed by atoms with E-state index >= 15 is 0 Å². The van der Waals surface area contributed by atoms with Gasteiger partial charge < -0.3 is 5.32 Å². The molecule has 1 heterocycles. The minimum Gasteiger partial charge on any atom is -0.352 e. The van der Waals surface area contributed by atoms with E-state index in [2.05, 4.69) is 45.7 Å². The molecule has 0 atom stereocenters. The molecule has 1 amide bonds. The van der Waals surface area contributed by atoms with Crippen LogP contribution in [-0.2, 0) is 11.3 Å². The Morgan fingerprint density at radius 1 is 1.27 bits per heavy atom. The summed E-state index contributed by atoms with van der Waals surface area (Å²) in [4.78, 5) is 11.9. The number of terminal acetylenes is 1. The first-order chi connectivity index (χ1) is 10.7. The van der Waals surface area contributed by atoms with Crippen LogP contribution >= 0.6 is 0 Å². The topological polar surface area (TPSA) is 53.8 Å². The monoisotopic (exact) mass is 295 g/mol. The zero-order chi connectivity index (χ0) is 15.4. The van der Waals surface area contributed by atoms with Gasteiger partial charge in [0.05, 0.1) is 0 Å². The highest BCUT2D eigenvalue weighted by molar-refractivity contribution is 5.76. The van der Waals surface area contributed by atoms with E-state index in [1.54, 1.807) is 0 Å². The molecule has 4 heteroatoms. The summed E-state index contributed by atoms with van der Waals surface area (Å²) < 4.78 is 0. The molecular formula is C18H21N3O. The Kier molecular flexibility index (Phi) is 4.24. The molecule has 22 heavy (non-hydrogen) atoms. The van der Waals surface area contributed by atoms with Crippen molar-refractivity contribution in [1.82, 2.24) is 5.32 Å². The number of nitrogens with one attached hydrogen (secondary N) is 1. The van der Waals surface area contributed by atoms with E-state index < -0.39 is 0 Å². The van der Waals surface area contributed by atoms with Gasteiger partial charge in [-0.25, -0.2) is 0 Å². The molecule has 1 N–H and O–H groups in total. The fraction of sp³-hybridized carbons (Fsp3) is 0.500. The Bertz CT molecular complexity index is 602. The lowest BCUT2D eigenvalue weighted by atomic mass is 10.0. The van der Waals surface area contributed by atoms with Crippen LogP contribution in [0.4, 0.5) is 0 Å². The molecule has 1 saturated carbocycles. The Morgan fingerprint density at radius 2 is 2.00 bits per heavy atom. The number of carbonyl (C=O) groups excluding carboxylic acids is 1. The molecule has 3 rings (SSSR count). The summed E-state index contributed by atoms with van der Waals surface area (Å²) in [5, 5.41) is 11.0. The maximum atomic E-state index is 11.9. The van der Waals surface area contributed by atoms with Gasteiger partial charge in [-0.05, 0) is 29.9 Å². The van der Waals surface area contributed by atoms with E-state index in [-0.39, 0.29) is 11.6 Å². The molecule has 1 aliphatic carbocycles. The smallest absolute Gasteiger partial charge is 0.220 e. The number of hydrogen-bond acceptors (Lipinski definition) is 3. The van der Waals surface area contributed by atoms with E-state index in [1.807, 2.05) is 0 Å². The average molecular weight is 295 g/mol. The van der Waals surface area contributed by atoms with Crippen molar-refractivity contribution in [2.24, 2.45) is 10.2 Å². The van der Waals surface area contributed by atoms with Crippen LogP contribution in [0.5, 0.6) is 0 Å². The molecule has 1 fully saturated rings. The van der Waals surface area contributed by atoms with Crippen LogP contribution in [0.15, 0.2) is 34.5 Å². The molecule has 4 nitrogen and oxygen atoms in total. The third-order valence-corrected chi connectivity index (χ3v) is 4.32. The molecule has 1 aromatic rings. The number of carbonyl (C=O) groups is 1. The molecule has 0 unspecified atom stereocenters. The van der Waals surface area contributed by atoms with Crippen LogP contribution in [0.2, 0.25) is 0 Å². The van der Waals surface area contributed by atoms with Gasteiger partial charge >= 0.3 is 0 Å². The quantitative estimate of drug-likeness (QED) is 0.733. The van der Waals surface area contributed by atoms with Gasteiger partial charge in [0.25, 0.3) is 0 Å². The van der Waals surface area contributed by atoms with Crippen molar-refractivity contribution >= 4 is 5.91 Å². The Hall–Kier alpha value is -2.15. The summed E-state index contributed by atoms with van der Waals surface area (Å²) in [5.74, 6) is 3.41. The van der Waals surface area contributed by atoms with Crippen LogP contribution in [-0.4, -0.2) is 11.6 Å². The summed E-state index contributed by atoms with van der Waals surface area (Å²) in [6, 6.07) is 8.56. The number of rotatable bonds is 8. The van der Waals surface area contributed by atoms with E-state index in [0.717, 1.165) is 17.9 Å². The first-order valence-corrected chi connectivity index (χ1v) is 7.94. The highest BCUT2D eigenvalue weighted by atomic mass is 16.1. The zero-order valence-corrected chi connectivity index (χ0v) is 12.7. The van der Waals surface area contributed by atoms with E-state index in [0.29, 0.717) is 25.8 Å². The highest BCUT2D eigenvalue weighted by Gasteiger charge is 2.39. The lowest BCUT2D eigenvalue weighted by Gasteiger charge is -2.09. The zero-order valence-electron chi connectivity index (χ0n) is 12.7. The molecule has 0 spiro atoms. The third-order valence-electron chi connectivity index (χ3n) is 4.32. The molecular weight excluding hydrogens is 274 g/mol. The maximum absolute atomic E-state index is 11.9. The summed E-state index contributed by atoms with van der Waals surface area (Å²) in [6.45, 7) is 0.579. The summed E-state index contributed by atoms with van der Waals surface area (Å²) in [5.41, 5.74) is 2.19. The van der Waals surface area contributed by atoms with Gasteiger partial charge in [0.2, 0.25) is 5.91 Å². The molecule has 0 aromatic heterocycles. The van der Waals surface area contributed by atoms with Crippen molar-refractivity contribution in [3.05, 3.63) is 35.4 Å². The minimum atomic E-state index is -0.365. The van der Waals surface area contributed by atoms with Gasteiger partial charge in [-0.15, -0.1) is 12.3 Å². The summed E-state index contributed by atoms with van der Waals surface area (Å²) in [6.07, 6.45) is 10.4. The Labute approximate surface area is 131 Å². The maximum Gasteiger partial charge on any atom is 0.220 e. The van der Waals surface area contributed by atoms with Crippen LogP contribution in [0.3, 0.4) is 0 Å². The predicted molar refractivity (Wildman–Crippen MR) is 85.2 cm³/mol. The lowest BCUT2D eigenvalue weighted by molar-refractivity contribution is -0.121. The van der Waals surface area contributed by atoms with Gasteiger partial charge in [0.1, 0.15) is 0 Å². The van der Waals surface area contributed by atoms with Gasteiger partial charge in [0.15, 0.2) is 5.66 Å². The molecule has 2 aliphatic rings. The second kappa shape index (κ2) is 6.31. The number of nitrogens with zero attached hydrogens (tertiary/aromatic N) is 2. The van der Waals surface area contributed by atoms with Crippen LogP contribution < -0.4 is 5.32 Å². The van der Waals surface area contributed by atoms with Crippen LogP contribution in [0.1, 0.15) is 55.6 Å². The van der Waals surface area contributed by atoms with Crippen molar-refractivity contribution in [2.45, 2.75) is 56.7 Å². The number of benzene rings is 1. The van der Waals surface area contributed by atoms with E-state index in [1.165, 1.54) is 18.4 Å². The fourth-order valence-electron chi connectivity index (χ4n) is 2.60. The van der Waals surface area contributed by atoms with Crippen LogP contribution in [0, 0.1) is 12.3 Å². The molecule has 0 bridgehead atoms. The van der Waals surface area contributed by atoms with Gasteiger partial charge in [-0.3, -0.25) is 4.79 Å².